The third kappa shape index (κ3) is 5.37. The van der Waals surface area contributed by atoms with E-state index in [9.17, 15) is 17.6 Å². The lowest BCUT2D eigenvalue weighted by molar-refractivity contribution is -0.138. The Bertz CT molecular complexity index is 758. The average molecular weight is 369 g/mol. The first-order valence-electron chi connectivity index (χ1n) is 7.76. The minimum Gasteiger partial charge on any atom is -0.497 e. The zero-order chi connectivity index (χ0) is 19.2. The SMILES string of the molecule is CN=C(NCc1ccc(OC)cc1)NCc1ccc(F)cc1C(F)(F)F. The number of hydrogen-bond acceptors (Lipinski definition) is 2. The van der Waals surface area contributed by atoms with E-state index < -0.39 is 17.6 Å². The Kier molecular flexibility index (Phi) is 6.43. The number of guanidine groups is 1. The first-order valence-corrected chi connectivity index (χ1v) is 7.76. The van der Waals surface area contributed by atoms with Crippen LogP contribution in [0.3, 0.4) is 0 Å². The van der Waals surface area contributed by atoms with E-state index in [4.69, 9.17) is 4.74 Å². The number of ether oxygens (including phenoxy) is 1. The molecule has 2 N–H and O–H groups in total. The van der Waals surface area contributed by atoms with Crippen molar-refractivity contribution in [2.24, 2.45) is 4.99 Å². The Balaban J connectivity index is 1.99. The quantitative estimate of drug-likeness (QED) is 0.480. The molecular weight excluding hydrogens is 350 g/mol. The summed E-state index contributed by atoms with van der Waals surface area (Å²) in [6.07, 6.45) is -4.63. The van der Waals surface area contributed by atoms with Gasteiger partial charge in [0, 0.05) is 20.1 Å². The fourth-order valence-electron chi connectivity index (χ4n) is 2.30. The standard InChI is InChI=1S/C18H19F4N3O/c1-23-17(24-10-12-3-7-15(26-2)8-4-12)25-11-13-5-6-14(19)9-16(13)18(20,21)22/h3-9H,10-11H2,1-2H3,(H2,23,24,25). The fraction of sp³-hybridized carbons (Fsp3) is 0.278. The van der Waals surface area contributed by atoms with Gasteiger partial charge in [-0.15, -0.1) is 0 Å². The number of aliphatic imine (C=N–C) groups is 1. The minimum atomic E-state index is -4.63. The number of nitrogens with zero attached hydrogens (tertiary/aromatic N) is 1. The topological polar surface area (TPSA) is 45.7 Å². The number of hydrogen-bond donors (Lipinski definition) is 2. The molecule has 0 amide bonds. The van der Waals surface area contributed by atoms with Gasteiger partial charge in [0.05, 0.1) is 12.7 Å². The van der Waals surface area contributed by atoms with Gasteiger partial charge in [-0.25, -0.2) is 4.39 Å². The van der Waals surface area contributed by atoms with Crippen LogP contribution in [0.25, 0.3) is 0 Å². The molecule has 0 aliphatic carbocycles. The van der Waals surface area contributed by atoms with Gasteiger partial charge in [-0.05, 0) is 35.4 Å². The smallest absolute Gasteiger partial charge is 0.416 e. The van der Waals surface area contributed by atoms with E-state index in [0.717, 1.165) is 23.4 Å². The van der Waals surface area contributed by atoms with Gasteiger partial charge in [-0.2, -0.15) is 13.2 Å². The van der Waals surface area contributed by atoms with Crippen molar-refractivity contribution in [3.63, 3.8) is 0 Å². The summed E-state index contributed by atoms with van der Waals surface area (Å²) in [5.74, 6) is 0.133. The lowest BCUT2D eigenvalue weighted by Crippen LogP contribution is -2.36. The van der Waals surface area contributed by atoms with Crippen molar-refractivity contribution in [3.05, 3.63) is 65.0 Å². The molecule has 140 valence electrons. The summed E-state index contributed by atoms with van der Waals surface area (Å²) in [6, 6.07) is 9.94. The molecule has 2 aromatic rings. The molecule has 0 saturated heterocycles. The normalized spacial score (nSPS) is 12.0. The summed E-state index contributed by atoms with van der Waals surface area (Å²) in [6.45, 7) is 0.288. The summed E-state index contributed by atoms with van der Waals surface area (Å²) in [7, 11) is 3.09. The van der Waals surface area contributed by atoms with E-state index in [2.05, 4.69) is 15.6 Å². The molecule has 0 spiro atoms. The number of alkyl halides is 3. The summed E-state index contributed by atoms with van der Waals surface area (Å²) in [5, 5.41) is 5.81. The van der Waals surface area contributed by atoms with Crippen LogP contribution in [-0.2, 0) is 19.3 Å². The van der Waals surface area contributed by atoms with Crippen LogP contribution in [0.1, 0.15) is 16.7 Å². The molecule has 0 fully saturated rings. The second-order valence-corrected chi connectivity index (χ2v) is 5.43. The second kappa shape index (κ2) is 8.55. The first kappa shape index (κ1) is 19.6. The molecule has 0 atom stereocenters. The van der Waals surface area contributed by atoms with Crippen LogP contribution < -0.4 is 15.4 Å². The van der Waals surface area contributed by atoms with Crippen molar-refractivity contribution in [2.75, 3.05) is 14.2 Å². The van der Waals surface area contributed by atoms with Crippen molar-refractivity contribution in [1.29, 1.82) is 0 Å². The highest BCUT2D eigenvalue weighted by Gasteiger charge is 2.33. The maximum absolute atomic E-state index is 13.1. The third-order valence-corrected chi connectivity index (χ3v) is 3.67. The van der Waals surface area contributed by atoms with Gasteiger partial charge in [0.2, 0.25) is 0 Å². The number of methoxy groups -OCH3 is 1. The van der Waals surface area contributed by atoms with Gasteiger partial charge in [-0.3, -0.25) is 4.99 Å². The number of halogens is 4. The Hall–Kier alpha value is -2.77. The van der Waals surface area contributed by atoms with Crippen LogP contribution in [0.15, 0.2) is 47.5 Å². The predicted molar refractivity (Wildman–Crippen MR) is 91.4 cm³/mol. The Morgan fingerprint density at radius 2 is 1.69 bits per heavy atom. The van der Waals surface area contributed by atoms with Crippen LogP contribution in [0.4, 0.5) is 17.6 Å². The van der Waals surface area contributed by atoms with Crippen molar-refractivity contribution in [3.8, 4) is 5.75 Å². The number of benzene rings is 2. The molecule has 0 aliphatic rings. The van der Waals surface area contributed by atoms with Crippen molar-refractivity contribution < 1.29 is 22.3 Å². The molecule has 0 aliphatic heterocycles. The molecule has 2 rings (SSSR count). The minimum absolute atomic E-state index is 0.0636. The fourth-order valence-corrected chi connectivity index (χ4v) is 2.30. The molecule has 2 aromatic carbocycles. The molecule has 0 aromatic heterocycles. The molecule has 0 radical (unpaired) electrons. The van der Waals surface area contributed by atoms with Crippen LogP contribution in [0, 0.1) is 5.82 Å². The van der Waals surface area contributed by atoms with E-state index in [1.165, 1.54) is 7.05 Å². The van der Waals surface area contributed by atoms with Crippen LogP contribution in [-0.4, -0.2) is 20.1 Å². The van der Waals surface area contributed by atoms with Gasteiger partial charge >= 0.3 is 6.18 Å². The molecule has 0 bridgehead atoms. The second-order valence-electron chi connectivity index (χ2n) is 5.43. The highest BCUT2D eigenvalue weighted by atomic mass is 19.4. The third-order valence-electron chi connectivity index (χ3n) is 3.67. The van der Waals surface area contributed by atoms with E-state index in [1.54, 1.807) is 19.2 Å². The molecule has 0 saturated carbocycles. The molecule has 4 nitrogen and oxygen atoms in total. The largest absolute Gasteiger partial charge is 0.497 e. The lowest BCUT2D eigenvalue weighted by Gasteiger charge is -2.16. The lowest BCUT2D eigenvalue weighted by atomic mass is 10.1. The summed E-state index contributed by atoms with van der Waals surface area (Å²) in [5.41, 5.74) is -0.117. The van der Waals surface area contributed by atoms with E-state index in [-0.39, 0.29) is 12.1 Å². The van der Waals surface area contributed by atoms with E-state index >= 15 is 0 Å². The van der Waals surface area contributed by atoms with Gasteiger partial charge in [0.1, 0.15) is 11.6 Å². The number of nitrogens with one attached hydrogen (secondary N) is 2. The van der Waals surface area contributed by atoms with Crippen LogP contribution in [0.2, 0.25) is 0 Å². The maximum atomic E-state index is 13.1. The monoisotopic (exact) mass is 369 g/mol. The van der Waals surface area contributed by atoms with Crippen molar-refractivity contribution in [2.45, 2.75) is 19.3 Å². The highest BCUT2D eigenvalue weighted by molar-refractivity contribution is 5.79. The molecular formula is C18H19F4N3O. The zero-order valence-corrected chi connectivity index (χ0v) is 14.3. The van der Waals surface area contributed by atoms with Crippen molar-refractivity contribution >= 4 is 5.96 Å². The van der Waals surface area contributed by atoms with Gasteiger partial charge in [-0.1, -0.05) is 18.2 Å². The van der Waals surface area contributed by atoms with Gasteiger partial charge < -0.3 is 15.4 Å². The highest BCUT2D eigenvalue weighted by Crippen LogP contribution is 2.32. The summed E-state index contributed by atoms with van der Waals surface area (Å²) >= 11 is 0. The summed E-state index contributed by atoms with van der Waals surface area (Å²) < 4.78 is 57.3. The van der Waals surface area contributed by atoms with E-state index in [1.807, 2.05) is 12.1 Å². The Morgan fingerprint density at radius 3 is 2.27 bits per heavy atom. The van der Waals surface area contributed by atoms with Crippen LogP contribution >= 0.6 is 0 Å². The van der Waals surface area contributed by atoms with Crippen molar-refractivity contribution in [1.82, 2.24) is 10.6 Å². The number of rotatable bonds is 5. The van der Waals surface area contributed by atoms with Gasteiger partial charge in [0.25, 0.3) is 0 Å². The van der Waals surface area contributed by atoms with Gasteiger partial charge in [0.15, 0.2) is 5.96 Å². The molecule has 0 heterocycles. The Morgan fingerprint density at radius 1 is 1.04 bits per heavy atom. The van der Waals surface area contributed by atoms with Crippen LogP contribution in [0.5, 0.6) is 5.75 Å². The zero-order valence-electron chi connectivity index (χ0n) is 14.3. The average Bonchev–Trinajstić information content (AvgIpc) is 2.62. The molecule has 8 heteroatoms. The maximum Gasteiger partial charge on any atom is 0.416 e. The predicted octanol–water partition coefficient (Wildman–Crippen LogP) is 3.72. The molecule has 0 unspecified atom stereocenters. The summed E-state index contributed by atoms with van der Waals surface area (Å²) in [4.78, 5) is 3.98. The first-order chi connectivity index (χ1) is 12.3. The molecule has 26 heavy (non-hydrogen) atoms. The van der Waals surface area contributed by atoms with E-state index in [0.29, 0.717) is 18.6 Å². The Labute approximate surface area is 148 Å².